The Hall–Kier alpha value is -6.49. The first kappa shape index (κ1) is 42.8. The summed E-state index contributed by atoms with van der Waals surface area (Å²) in [7, 11) is 0. The maximum Gasteiger partial charge on any atom is 0.135 e. The van der Waals surface area contributed by atoms with Gasteiger partial charge in [-0.3, -0.25) is 0 Å². The van der Waals surface area contributed by atoms with Gasteiger partial charge in [0.25, 0.3) is 0 Å². The number of aromatic nitrogens is 2. The van der Waals surface area contributed by atoms with Crippen LogP contribution in [0.25, 0.3) is 49.9 Å². The van der Waals surface area contributed by atoms with Gasteiger partial charge in [-0.2, -0.15) is 6.07 Å². The van der Waals surface area contributed by atoms with Crippen molar-refractivity contribution in [3.8, 4) is 39.6 Å². The van der Waals surface area contributed by atoms with E-state index >= 15 is 0 Å². The fraction of sp³-hybridized carbons (Fsp3) is 0.158. The van der Waals surface area contributed by atoms with E-state index in [-0.39, 0.29) is 38.7 Å². The Morgan fingerprint density at radius 2 is 1.30 bits per heavy atom. The SMILES string of the molecule is Cc1ccnc(-n2c3[c-]c(Oc4[c-]c(N5[CH-]N(c6c(C(C)C)cc(-c7cccc(F)c7)cc6C(C)C)c6ccccc65)cc(-c5c(C)cccc5C)c4)ccc3c3ccccc32)c1.[Pt]. The van der Waals surface area contributed by atoms with Gasteiger partial charge in [0, 0.05) is 61.3 Å². The minimum atomic E-state index is -0.241. The third-order valence-electron chi connectivity index (χ3n) is 12.2. The molecule has 9 aromatic rings. The standard InChI is InChI=1S/C57H48FN4O.Pt/c1-35(2)49-30-41(40-16-13-17-43(58)27-40)31-50(36(3)4)57(49)61-34-60(52-20-10-11-21-53(52)61)44-28-42(56-38(6)14-12-15-39(56)7)29-46(32-44)63-45-22-23-48-47-18-8-9-19-51(47)62(54(48)33-45)55-26-37(5)24-25-59-55;/h8-31,34-36H,1-7H3;/q-3;. The topological polar surface area (TPSA) is 33.5 Å². The van der Waals surface area contributed by atoms with Gasteiger partial charge in [0.05, 0.1) is 0 Å². The van der Waals surface area contributed by atoms with Gasteiger partial charge < -0.3 is 19.1 Å². The first-order valence-electron chi connectivity index (χ1n) is 21.7. The molecule has 0 fully saturated rings. The number of para-hydroxylation sites is 3. The second kappa shape index (κ2) is 17.2. The van der Waals surface area contributed by atoms with Crippen LogP contribution < -0.4 is 14.5 Å². The van der Waals surface area contributed by atoms with Crippen molar-refractivity contribution in [3.63, 3.8) is 0 Å². The van der Waals surface area contributed by atoms with Gasteiger partial charge in [0.1, 0.15) is 11.6 Å². The monoisotopic (exact) mass is 1020 g/mol. The fourth-order valence-electron chi connectivity index (χ4n) is 9.21. The van der Waals surface area contributed by atoms with Crippen LogP contribution in [0.4, 0.5) is 27.1 Å². The fourth-order valence-corrected chi connectivity index (χ4v) is 9.21. The summed E-state index contributed by atoms with van der Waals surface area (Å²) in [4.78, 5) is 9.33. The first-order valence-corrected chi connectivity index (χ1v) is 21.7. The van der Waals surface area contributed by atoms with Gasteiger partial charge in [-0.15, -0.1) is 53.6 Å². The maximum absolute atomic E-state index is 14.6. The molecule has 3 heterocycles. The number of halogens is 1. The summed E-state index contributed by atoms with van der Waals surface area (Å²) in [5.41, 5.74) is 15.9. The minimum Gasteiger partial charge on any atom is -0.509 e. The Morgan fingerprint density at radius 1 is 0.609 bits per heavy atom. The van der Waals surface area contributed by atoms with Crippen LogP contribution in [0, 0.1) is 45.4 Å². The van der Waals surface area contributed by atoms with Gasteiger partial charge in [-0.1, -0.05) is 93.9 Å². The molecule has 2 aromatic heterocycles. The van der Waals surface area contributed by atoms with E-state index in [9.17, 15) is 4.39 Å². The smallest absolute Gasteiger partial charge is 0.135 e. The molecule has 0 N–H and O–H groups in total. The van der Waals surface area contributed by atoms with Gasteiger partial charge in [0.2, 0.25) is 0 Å². The summed E-state index contributed by atoms with van der Waals surface area (Å²) < 4.78 is 23.6. The second-order valence-electron chi connectivity index (χ2n) is 17.3. The van der Waals surface area contributed by atoms with Crippen molar-refractivity contribution in [1.82, 2.24) is 9.55 Å². The summed E-state index contributed by atoms with van der Waals surface area (Å²) in [5, 5.41) is 2.20. The van der Waals surface area contributed by atoms with Crippen molar-refractivity contribution in [2.45, 2.75) is 60.3 Å². The summed E-state index contributed by atoms with van der Waals surface area (Å²) in [6.07, 6.45) is 1.85. The van der Waals surface area contributed by atoms with Crippen LogP contribution in [0.5, 0.6) is 11.5 Å². The number of rotatable bonds is 9. The summed E-state index contributed by atoms with van der Waals surface area (Å²) in [6.45, 7) is 17.5. The van der Waals surface area contributed by atoms with Crippen LogP contribution >= 0.6 is 0 Å². The molecule has 1 aliphatic heterocycles. The van der Waals surface area contributed by atoms with Crippen molar-refractivity contribution < 1.29 is 30.2 Å². The largest absolute Gasteiger partial charge is 0.509 e. The van der Waals surface area contributed by atoms with Crippen molar-refractivity contribution in [3.05, 3.63) is 198 Å². The molecule has 0 atom stereocenters. The molecular formula is C57H48FN4OPt-3. The third kappa shape index (κ3) is 7.68. The van der Waals surface area contributed by atoms with E-state index in [1.54, 1.807) is 12.1 Å². The molecule has 0 amide bonds. The van der Waals surface area contributed by atoms with E-state index in [1.165, 1.54) is 28.3 Å². The van der Waals surface area contributed by atoms with E-state index in [1.807, 2.05) is 24.4 Å². The summed E-state index contributed by atoms with van der Waals surface area (Å²) in [6, 6.07) is 54.6. The Kier molecular flexibility index (Phi) is 11.5. The molecule has 7 heteroatoms. The summed E-state index contributed by atoms with van der Waals surface area (Å²) >= 11 is 0. The van der Waals surface area contributed by atoms with Gasteiger partial charge in [0.15, 0.2) is 0 Å². The number of pyridine rings is 1. The minimum absolute atomic E-state index is 0. The molecule has 7 aromatic carbocycles. The van der Waals surface area contributed by atoms with Crippen molar-refractivity contribution >= 4 is 44.6 Å². The Balaban J connectivity index is 0.00000518. The number of anilines is 4. The molecule has 0 aliphatic carbocycles. The van der Waals surface area contributed by atoms with Crippen LogP contribution in [-0.2, 0) is 21.1 Å². The van der Waals surface area contributed by atoms with Gasteiger partial charge in [-0.05, 0) is 137 Å². The van der Waals surface area contributed by atoms with E-state index in [2.05, 4.69) is 185 Å². The number of benzene rings is 7. The second-order valence-corrected chi connectivity index (χ2v) is 17.3. The average Bonchev–Trinajstić information content (AvgIpc) is 3.82. The molecule has 0 radical (unpaired) electrons. The molecule has 0 saturated carbocycles. The molecule has 1 aliphatic rings. The third-order valence-corrected chi connectivity index (χ3v) is 12.2. The van der Waals surface area contributed by atoms with Crippen molar-refractivity contribution in [1.29, 1.82) is 0 Å². The number of nitrogens with zero attached hydrogens (tertiary/aromatic N) is 4. The van der Waals surface area contributed by atoms with E-state index < -0.39 is 0 Å². The van der Waals surface area contributed by atoms with Gasteiger partial charge in [-0.25, -0.2) is 9.37 Å². The number of ether oxygens (including phenoxy) is 1. The van der Waals surface area contributed by atoms with Crippen LogP contribution in [0.15, 0.2) is 146 Å². The number of hydrogen-bond acceptors (Lipinski definition) is 4. The zero-order valence-corrected chi connectivity index (χ0v) is 39.3. The number of fused-ring (bicyclic) bond motifs is 4. The van der Waals surface area contributed by atoms with Crippen molar-refractivity contribution in [2.24, 2.45) is 0 Å². The molecule has 0 spiro atoms. The quantitative estimate of drug-likeness (QED) is 0.135. The first-order chi connectivity index (χ1) is 30.5. The Bertz CT molecular complexity index is 3170. The molecule has 64 heavy (non-hydrogen) atoms. The molecule has 0 saturated heterocycles. The van der Waals surface area contributed by atoms with Crippen LogP contribution in [0.3, 0.4) is 0 Å². The number of hydrogen-bond donors (Lipinski definition) is 0. The predicted octanol–water partition coefficient (Wildman–Crippen LogP) is 15.6. The Morgan fingerprint density at radius 3 is 2.00 bits per heavy atom. The van der Waals surface area contributed by atoms with E-state index in [4.69, 9.17) is 9.72 Å². The molecule has 322 valence electrons. The van der Waals surface area contributed by atoms with Crippen LogP contribution in [0.2, 0.25) is 0 Å². The zero-order chi connectivity index (χ0) is 43.5. The zero-order valence-electron chi connectivity index (χ0n) is 37.0. The summed E-state index contributed by atoms with van der Waals surface area (Å²) in [5.74, 6) is 2.12. The molecular weight excluding hydrogens is 971 g/mol. The van der Waals surface area contributed by atoms with Crippen LogP contribution in [0.1, 0.15) is 67.3 Å². The number of aryl methyl sites for hydroxylation is 3. The van der Waals surface area contributed by atoms with E-state index in [0.29, 0.717) is 11.5 Å². The molecule has 0 unspecified atom stereocenters. The molecule has 0 bridgehead atoms. The Labute approximate surface area is 390 Å². The van der Waals surface area contributed by atoms with Gasteiger partial charge >= 0.3 is 0 Å². The maximum atomic E-state index is 14.6. The van der Waals surface area contributed by atoms with Crippen molar-refractivity contribution in [2.75, 3.05) is 9.80 Å². The van der Waals surface area contributed by atoms with Crippen LogP contribution in [-0.4, -0.2) is 9.55 Å². The predicted molar refractivity (Wildman–Crippen MR) is 257 cm³/mol. The normalized spacial score (nSPS) is 12.4. The average molecular weight is 1020 g/mol. The molecule has 5 nitrogen and oxygen atoms in total. The molecule has 10 rings (SSSR count). The van der Waals surface area contributed by atoms with E-state index in [0.717, 1.165) is 78.2 Å².